The average molecular weight is 472 g/mol. The van der Waals surface area contributed by atoms with Gasteiger partial charge in [0.15, 0.2) is 0 Å². The molecule has 0 aromatic heterocycles. The van der Waals surface area contributed by atoms with E-state index in [9.17, 15) is 18.0 Å². The van der Waals surface area contributed by atoms with E-state index in [1.165, 1.54) is 37.4 Å². The molecule has 0 heterocycles. The van der Waals surface area contributed by atoms with Gasteiger partial charge in [0.1, 0.15) is 5.75 Å². The van der Waals surface area contributed by atoms with Crippen molar-refractivity contribution in [3.05, 3.63) is 65.7 Å². The van der Waals surface area contributed by atoms with E-state index in [0.29, 0.717) is 6.61 Å². The molecule has 1 N–H and O–H groups in total. The molecule has 0 saturated heterocycles. The molecule has 9 heteroatoms. The minimum absolute atomic E-state index is 0.0162. The molecule has 3 aromatic rings. The second-order valence-electron chi connectivity index (χ2n) is 7.22. The number of hydrogen-bond donors (Lipinski definition) is 1. The van der Waals surface area contributed by atoms with E-state index in [4.69, 9.17) is 9.47 Å². The summed E-state index contributed by atoms with van der Waals surface area (Å²) >= 11 is 0. The third-order valence-corrected chi connectivity index (χ3v) is 6.31. The summed E-state index contributed by atoms with van der Waals surface area (Å²) in [5.74, 6) is -0.743. The van der Waals surface area contributed by atoms with E-state index in [1.807, 2.05) is 6.07 Å². The Labute approximate surface area is 192 Å². The average Bonchev–Trinajstić information content (AvgIpc) is 2.82. The summed E-state index contributed by atoms with van der Waals surface area (Å²) in [6, 6.07) is 14.0. The quantitative estimate of drug-likeness (QED) is 0.364. The van der Waals surface area contributed by atoms with Gasteiger partial charge < -0.3 is 14.2 Å². The Balaban J connectivity index is 1.91. The van der Waals surface area contributed by atoms with Crippen molar-refractivity contribution >= 4 is 38.4 Å². The van der Waals surface area contributed by atoms with Crippen molar-refractivity contribution in [2.45, 2.75) is 24.7 Å². The van der Waals surface area contributed by atoms with E-state index in [2.05, 4.69) is 16.4 Å². The van der Waals surface area contributed by atoms with Crippen LogP contribution >= 0.6 is 0 Å². The lowest BCUT2D eigenvalue weighted by Crippen LogP contribution is -2.17. The molecule has 0 saturated carbocycles. The van der Waals surface area contributed by atoms with E-state index >= 15 is 0 Å². The number of carbonyl (C=O) groups is 2. The predicted octanol–water partition coefficient (Wildman–Crippen LogP) is 4.39. The van der Waals surface area contributed by atoms with Crippen molar-refractivity contribution in [3.63, 3.8) is 0 Å². The lowest BCUT2D eigenvalue weighted by Gasteiger charge is -2.13. The van der Waals surface area contributed by atoms with Gasteiger partial charge in [-0.3, -0.25) is 4.72 Å². The number of sulfonamides is 1. The summed E-state index contributed by atoms with van der Waals surface area (Å²) in [7, 11) is -1.67. The molecule has 0 atom stereocenters. The van der Waals surface area contributed by atoms with E-state index in [1.54, 1.807) is 18.2 Å². The molecule has 0 spiro atoms. The highest BCUT2D eigenvalue weighted by Crippen LogP contribution is 2.27. The third kappa shape index (κ3) is 5.61. The topological polar surface area (TPSA) is 108 Å². The maximum absolute atomic E-state index is 13.0. The second kappa shape index (κ2) is 10.4. The first kappa shape index (κ1) is 24.1. The van der Waals surface area contributed by atoms with Crippen LogP contribution in [0, 0.1) is 0 Å². The fourth-order valence-electron chi connectivity index (χ4n) is 3.15. The molecular formula is C24H25NO7S. The monoisotopic (exact) mass is 471 g/mol. The number of carbonyl (C=O) groups excluding carboxylic acids is 2. The minimum atomic E-state index is -4.04. The summed E-state index contributed by atoms with van der Waals surface area (Å²) in [4.78, 5) is 24.0. The first-order chi connectivity index (χ1) is 15.8. The zero-order valence-electron chi connectivity index (χ0n) is 18.6. The molecular weight excluding hydrogens is 446 g/mol. The number of fused-ring (bicyclic) bond motifs is 1. The SMILES string of the molecule is CCCCOc1ccc2cc(S(=O)(=O)Nc3ccc(C(=O)OC)cc3C(=O)OC)ccc2c1. The Hall–Kier alpha value is -3.59. The molecule has 0 aliphatic heterocycles. The molecule has 33 heavy (non-hydrogen) atoms. The molecule has 3 aromatic carbocycles. The number of anilines is 1. The molecule has 0 aliphatic carbocycles. The lowest BCUT2D eigenvalue weighted by atomic mass is 10.1. The molecule has 0 radical (unpaired) electrons. The van der Waals surface area contributed by atoms with Crippen LogP contribution in [-0.2, 0) is 19.5 Å². The number of benzene rings is 3. The minimum Gasteiger partial charge on any atom is -0.494 e. The molecule has 8 nitrogen and oxygen atoms in total. The first-order valence-corrected chi connectivity index (χ1v) is 11.8. The van der Waals surface area contributed by atoms with Gasteiger partial charge >= 0.3 is 11.9 Å². The van der Waals surface area contributed by atoms with Gasteiger partial charge in [-0.15, -0.1) is 0 Å². The highest BCUT2D eigenvalue weighted by atomic mass is 32.2. The summed E-state index contributed by atoms with van der Waals surface area (Å²) in [5.41, 5.74) is -0.0450. The number of ether oxygens (including phenoxy) is 3. The number of unbranched alkanes of at least 4 members (excludes halogenated alkanes) is 1. The van der Waals surface area contributed by atoms with Crippen molar-refractivity contribution in [2.24, 2.45) is 0 Å². The van der Waals surface area contributed by atoms with Crippen LogP contribution in [0.25, 0.3) is 10.8 Å². The van der Waals surface area contributed by atoms with Crippen LogP contribution < -0.4 is 9.46 Å². The summed E-state index contributed by atoms with van der Waals surface area (Å²) in [6.45, 7) is 2.71. The van der Waals surface area contributed by atoms with Crippen molar-refractivity contribution in [1.29, 1.82) is 0 Å². The van der Waals surface area contributed by atoms with Crippen molar-refractivity contribution < 1.29 is 32.2 Å². The van der Waals surface area contributed by atoms with Crippen LogP contribution in [0.5, 0.6) is 5.75 Å². The van der Waals surface area contributed by atoms with Crippen molar-refractivity contribution in [2.75, 3.05) is 25.5 Å². The molecule has 0 aliphatic rings. The Bertz CT molecular complexity index is 1290. The smallest absolute Gasteiger partial charge is 0.340 e. The normalized spacial score (nSPS) is 11.1. The second-order valence-corrected chi connectivity index (χ2v) is 8.90. The lowest BCUT2D eigenvalue weighted by molar-refractivity contribution is 0.0600. The fraction of sp³-hybridized carbons (Fsp3) is 0.250. The van der Waals surface area contributed by atoms with Gasteiger partial charge in [0.25, 0.3) is 10.0 Å². The van der Waals surface area contributed by atoms with Crippen molar-refractivity contribution in [1.82, 2.24) is 0 Å². The van der Waals surface area contributed by atoms with E-state index in [0.717, 1.165) is 36.5 Å². The third-order valence-electron chi connectivity index (χ3n) is 4.95. The molecule has 0 unspecified atom stereocenters. The highest BCUT2D eigenvalue weighted by Gasteiger charge is 2.21. The van der Waals surface area contributed by atoms with Gasteiger partial charge in [-0.25, -0.2) is 18.0 Å². The van der Waals surface area contributed by atoms with Gasteiger partial charge in [-0.05, 0) is 59.7 Å². The van der Waals surface area contributed by atoms with Crippen LogP contribution in [0.2, 0.25) is 0 Å². The van der Waals surface area contributed by atoms with E-state index < -0.39 is 22.0 Å². The Kier molecular flexibility index (Phi) is 7.55. The number of hydrogen-bond acceptors (Lipinski definition) is 7. The number of esters is 2. The molecule has 0 bridgehead atoms. The van der Waals surface area contributed by atoms with Gasteiger partial charge in [0.05, 0.1) is 42.5 Å². The van der Waals surface area contributed by atoms with Crippen LogP contribution in [-0.4, -0.2) is 41.2 Å². The zero-order valence-corrected chi connectivity index (χ0v) is 19.4. The number of methoxy groups -OCH3 is 2. The Morgan fingerprint density at radius 1 is 0.879 bits per heavy atom. The van der Waals surface area contributed by atoms with Crippen LogP contribution in [0.15, 0.2) is 59.5 Å². The zero-order chi connectivity index (χ0) is 24.0. The summed E-state index contributed by atoms with van der Waals surface area (Å²) < 4.78 is 43.6. The van der Waals surface area contributed by atoms with Crippen LogP contribution in [0.4, 0.5) is 5.69 Å². The molecule has 174 valence electrons. The van der Waals surface area contributed by atoms with E-state index in [-0.39, 0.29) is 21.7 Å². The maximum atomic E-state index is 13.0. The molecule has 0 amide bonds. The highest BCUT2D eigenvalue weighted by molar-refractivity contribution is 7.92. The first-order valence-electron chi connectivity index (χ1n) is 10.3. The number of rotatable bonds is 9. The van der Waals surface area contributed by atoms with Crippen LogP contribution in [0.3, 0.4) is 0 Å². The van der Waals surface area contributed by atoms with Crippen LogP contribution in [0.1, 0.15) is 40.5 Å². The van der Waals surface area contributed by atoms with Gasteiger partial charge in [0, 0.05) is 0 Å². The number of nitrogens with one attached hydrogen (secondary N) is 1. The maximum Gasteiger partial charge on any atom is 0.340 e. The standard InChI is InChI=1S/C24H25NO7S/c1-4-5-12-32-19-9-6-17-14-20(10-7-16(17)13-19)33(28,29)25-22-11-8-18(23(26)30-2)15-21(22)24(27)31-3/h6-11,13-15,25H,4-5,12H2,1-3H3. The van der Waals surface area contributed by atoms with Crippen molar-refractivity contribution in [3.8, 4) is 5.75 Å². The Morgan fingerprint density at radius 3 is 2.27 bits per heavy atom. The molecule has 3 rings (SSSR count). The van der Waals surface area contributed by atoms with Gasteiger partial charge in [-0.1, -0.05) is 25.5 Å². The molecule has 0 fully saturated rings. The summed E-state index contributed by atoms with van der Waals surface area (Å²) in [6.07, 6.45) is 1.99. The predicted molar refractivity (Wildman–Crippen MR) is 124 cm³/mol. The largest absolute Gasteiger partial charge is 0.494 e. The van der Waals surface area contributed by atoms with Gasteiger partial charge in [-0.2, -0.15) is 0 Å². The fourth-order valence-corrected chi connectivity index (χ4v) is 4.27. The Morgan fingerprint density at radius 2 is 1.58 bits per heavy atom. The summed E-state index contributed by atoms with van der Waals surface area (Å²) in [5, 5.41) is 1.55. The van der Waals surface area contributed by atoms with Gasteiger partial charge in [0.2, 0.25) is 0 Å².